The number of amides is 2. The van der Waals surface area contributed by atoms with E-state index in [1.165, 1.54) is 5.56 Å². The number of fused-ring (bicyclic) bond motifs is 2. The Kier molecular flexibility index (Phi) is 3.97. The summed E-state index contributed by atoms with van der Waals surface area (Å²) in [7, 11) is 1.68. The maximum Gasteiger partial charge on any atom is 0.318 e. The number of nitrogens with one attached hydrogen (secondary N) is 1. The molecule has 3 aromatic rings. The quantitative estimate of drug-likeness (QED) is 0.793. The van der Waals surface area contributed by atoms with Crippen LogP contribution in [0.25, 0.3) is 5.65 Å². The lowest BCUT2D eigenvalue weighted by Gasteiger charge is -2.29. The molecule has 1 aliphatic heterocycles. The molecule has 0 radical (unpaired) electrons. The van der Waals surface area contributed by atoms with Gasteiger partial charge in [-0.1, -0.05) is 18.2 Å². The lowest BCUT2D eigenvalue weighted by Crippen LogP contribution is -2.42. The molecule has 4 rings (SSSR count). The summed E-state index contributed by atoms with van der Waals surface area (Å²) >= 11 is 0. The number of nitrogens with zero attached hydrogens (tertiary/aromatic N) is 4. The second-order valence-corrected chi connectivity index (χ2v) is 5.97. The number of methoxy groups -OCH3 is 1. The van der Waals surface area contributed by atoms with Crippen LogP contribution in [0, 0.1) is 0 Å². The van der Waals surface area contributed by atoms with Crippen LogP contribution in [0.1, 0.15) is 17.0 Å². The highest BCUT2D eigenvalue weighted by Crippen LogP contribution is 2.27. The highest BCUT2D eigenvalue weighted by molar-refractivity contribution is 5.74. The Hall–Kier alpha value is -3.09. The second kappa shape index (κ2) is 6.43. The number of pyridine rings is 1. The fraction of sp³-hybridized carbons (Fsp3) is 0.278. The fourth-order valence-electron chi connectivity index (χ4n) is 3.22. The van der Waals surface area contributed by atoms with Gasteiger partial charge >= 0.3 is 6.03 Å². The summed E-state index contributed by atoms with van der Waals surface area (Å²) < 4.78 is 7.28. The van der Waals surface area contributed by atoms with Crippen molar-refractivity contribution in [3.63, 3.8) is 0 Å². The largest absolute Gasteiger partial charge is 0.496 e. The van der Waals surface area contributed by atoms with E-state index in [1.54, 1.807) is 7.11 Å². The minimum atomic E-state index is -0.0962. The molecule has 7 nitrogen and oxygen atoms in total. The highest BCUT2D eigenvalue weighted by Gasteiger charge is 2.22. The maximum atomic E-state index is 12.5. The summed E-state index contributed by atoms with van der Waals surface area (Å²) in [6.45, 7) is 1.59. The van der Waals surface area contributed by atoms with Crippen LogP contribution in [0.4, 0.5) is 4.79 Å². The summed E-state index contributed by atoms with van der Waals surface area (Å²) in [5, 5.41) is 11.2. The molecular weight excluding hydrogens is 318 g/mol. The number of aromatic nitrogens is 3. The predicted molar refractivity (Wildman–Crippen MR) is 92.3 cm³/mol. The summed E-state index contributed by atoms with van der Waals surface area (Å²) in [6, 6.07) is 11.6. The Morgan fingerprint density at radius 1 is 1.24 bits per heavy atom. The molecule has 0 unspecified atom stereocenters. The molecule has 1 aliphatic rings. The van der Waals surface area contributed by atoms with Crippen molar-refractivity contribution in [3.8, 4) is 5.75 Å². The first kappa shape index (κ1) is 15.4. The van der Waals surface area contributed by atoms with Gasteiger partial charge in [-0.25, -0.2) is 4.79 Å². The molecule has 0 fully saturated rings. The van der Waals surface area contributed by atoms with E-state index in [-0.39, 0.29) is 6.03 Å². The van der Waals surface area contributed by atoms with Gasteiger partial charge in [0.05, 0.1) is 13.7 Å². The van der Waals surface area contributed by atoms with Crippen LogP contribution >= 0.6 is 0 Å². The van der Waals surface area contributed by atoms with Crippen LogP contribution in [-0.2, 0) is 19.5 Å². The Bertz CT molecular complexity index is 921. The van der Waals surface area contributed by atoms with Crippen molar-refractivity contribution in [1.29, 1.82) is 0 Å². The van der Waals surface area contributed by atoms with Crippen LogP contribution in [0.2, 0.25) is 0 Å². The molecule has 1 aromatic carbocycles. The topological polar surface area (TPSA) is 71.8 Å². The van der Waals surface area contributed by atoms with Crippen LogP contribution in [0.15, 0.2) is 42.6 Å². The van der Waals surface area contributed by atoms with E-state index >= 15 is 0 Å². The first-order chi connectivity index (χ1) is 12.3. The molecule has 25 heavy (non-hydrogen) atoms. The van der Waals surface area contributed by atoms with Crippen molar-refractivity contribution >= 4 is 11.7 Å². The standard InChI is InChI=1S/C18H19N5O2/c1-25-15-6-4-5-13-12-22(10-8-14(13)15)18(24)19-11-17-21-20-16-7-2-3-9-23(16)17/h2-7,9H,8,10-12H2,1H3,(H,19,24). The van der Waals surface area contributed by atoms with Gasteiger partial charge in [-0.05, 0) is 30.2 Å². The molecule has 7 heteroatoms. The zero-order valence-electron chi connectivity index (χ0n) is 14.0. The molecule has 2 aromatic heterocycles. The van der Waals surface area contributed by atoms with Crippen molar-refractivity contribution in [2.24, 2.45) is 0 Å². The van der Waals surface area contributed by atoms with Gasteiger partial charge in [0.25, 0.3) is 0 Å². The van der Waals surface area contributed by atoms with Crippen LogP contribution in [0.3, 0.4) is 0 Å². The third-order valence-electron chi connectivity index (χ3n) is 4.51. The van der Waals surface area contributed by atoms with E-state index in [9.17, 15) is 4.79 Å². The van der Waals surface area contributed by atoms with Gasteiger partial charge in [-0.15, -0.1) is 10.2 Å². The number of hydrogen-bond acceptors (Lipinski definition) is 4. The molecule has 3 heterocycles. The normalized spacial score (nSPS) is 13.6. The monoisotopic (exact) mass is 337 g/mol. The number of urea groups is 1. The molecule has 0 atom stereocenters. The molecule has 0 saturated carbocycles. The number of carbonyl (C=O) groups is 1. The summed E-state index contributed by atoms with van der Waals surface area (Å²) in [6.07, 6.45) is 2.68. The number of ether oxygens (including phenoxy) is 1. The molecule has 1 N–H and O–H groups in total. The van der Waals surface area contributed by atoms with Gasteiger partial charge < -0.3 is 15.0 Å². The van der Waals surface area contributed by atoms with Gasteiger partial charge in [0.1, 0.15) is 5.75 Å². The van der Waals surface area contributed by atoms with E-state index < -0.39 is 0 Å². The summed E-state index contributed by atoms with van der Waals surface area (Å²) in [5.74, 6) is 1.61. The first-order valence-electron chi connectivity index (χ1n) is 8.22. The van der Waals surface area contributed by atoms with Gasteiger partial charge in [0.2, 0.25) is 0 Å². The third kappa shape index (κ3) is 2.88. The van der Waals surface area contributed by atoms with Crippen molar-refractivity contribution in [2.75, 3.05) is 13.7 Å². The van der Waals surface area contributed by atoms with Gasteiger partial charge in [-0.2, -0.15) is 0 Å². The molecule has 0 bridgehead atoms. The molecule has 2 amide bonds. The minimum absolute atomic E-state index is 0.0962. The van der Waals surface area contributed by atoms with Crippen LogP contribution in [0.5, 0.6) is 5.75 Å². The maximum absolute atomic E-state index is 12.5. The Morgan fingerprint density at radius 3 is 3.04 bits per heavy atom. The van der Waals surface area contributed by atoms with Gasteiger partial charge in [-0.3, -0.25) is 4.40 Å². The van der Waals surface area contributed by atoms with E-state index in [2.05, 4.69) is 15.5 Å². The zero-order chi connectivity index (χ0) is 17.2. The number of carbonyl (C=O) groups excluding carboxylic acids is 1. The average Bonchev–Trinajstić information content (AvgIpc) is 3.08. The van der Waals surface area contributed by atoms with Crippen molar-refractivity contribution in [3.05, 3.63) is 59.5 Å². The lowest BCUT2D eigenvalue weighted by molar-refractivity contribution is 0.191. The van der Waals surface area contributed by atoms with E-state index in [0.29, 0.717) is 25.5 Å². The van der Waals surface area contributed by atoms with Crippen molar-refractivity contribution in [2.45, 2.75) is 19.5 Å². The van der Waals surface area contributed by atoms with E-state index in [1.807, 2.05) is 51.9 Å². The van der Waals surface area contributed by atoms with E-state index in [0.717, 1.165) is 23.4 Å². The first-order valence-corrected chi connectivity index (χ1v) is 8.22. The molecule has 128 valence electrons. The number of benzene rings is 1. The van der Waals surface area contributed by atoms with Crippen LogP contribution < -0.4 is 10.1 Å². The third-order valence-corrected chi connectivity index (χ3v) is 4.51. The smallest absolute Gasteiger partial charge is 0.318 e. The minimum Gasteiger partial charge on any atom is -0.496 e. The number of hydrogen-bond donors (Lipinski definition) is 1. The molecule has 0 spiro atoms. The second-order valence-electron chi connectivity index (χ2n) is 5.97. The Balaban J connectivity index is 1.43. The Morgan fingerprint density at radius 2 is 2.16 bits per heavy atom. The fourth-order valence-corrected chi connectivity index (χ4v) is 3.22. The van der Waals surface area contributed by atoms with Crippen molar-refractivity contribution in [1.82, 2.24) is 24.8 Å². The van der Waals surface area contributed by atoms with Gasteiger partial charge in [0, 0.05) is 24.8 Å². The number of rotatable bonds is 3. The average molecular weight is 337 g/mol. The molecular formula is C18H19N5O2. The Labute approximate surface area is 145 Å². The van der Waals surface area contributed by atoms with Crippen LogP contribution in [-0.4, -0.2) is 39.2 Å². The summed E-state index contributed by atoms with van der Waals surface area (Å²) in [5.41, 5.74) is 3.09. The van der Waals surface area contributed by atoms with Crippen molar-refractivity contribution < 1.29 is 9.53 Å². The summed E-state index contributed by atoms with van der Waals surface area (Å²) in [4.78, 5) is 14.3. The zero-order valence-corrected chi connectivity index (χ0v) is 14.0. The van der Waals surface area contributed by atoms with E-state index in [4.69, 9.17) is 4.74 Å². The predicted octanol–water partition coefficient (Wildman–Crippen LogP) is 2.01. The van der Waals surface area contributed by atoms with Gasteiger partial charge in [0.15, 0.2) is 11.5 Å². The molecule has 0 aliphatic carbocycles. The molecule has 0 saturated heterocycles. The highest BCUT2D eigenvalue weighted by atomic mass is 16.5. The lowest BCUT2D eigenvalue weighted by atomic mass is 9.99. The SMILES string of the molecule is COc1cccc2c1CCN(C(=O)NCc1nnc3ccccn13)C2.